The summed E-state index contributed by atoms with van der Waals surface area (Å²) in [4.78, 5) is 8.75. The van der Waals surface area contributed by atoms with Gasteiger partial charge in [-0.1, -0.05) is 12.1 Å². The van der Waals surface area contributed by atoms with Gasteiger partial charge in [0.25, 0.3) is 0 Å². The van der Waals surface area contributed by atoms with E-state index >= 15 is 0 Å². The molecule has 0 bridgehead atoms. The Kier molecular flexibility index (Phi) is 4.31. The van der Waals surface area contributed by atoms with Crippen LogP contribution in [0.3, 0.4) is 0 Å². The van der Waals surface area contributed by atoms with Crippen LogP contribution in [0.4, 0.5) is 0 Å². The lowest BCUT2D eigenvalue weighted by Crippen LogP contribution is -2.20. The number of hydrogen-bond donors (Lipinski definition) is 1. The lowest BCUT2D eigenvalue weighted by molar-refractivity contribution is 0.597. The van der Waals surface area contributed by atoms with Gasteiger partial charge in [-0.05, 0) is 46.6 Å². The van der Waals surface area contributed by atoms with Crippen LogP contribution in [-0.2, 0) is 13.1 Å². The molecule has 0 atom stereocenters. The molecule has 0 saturated heterocycles. The SMILES string of the molecule is Cc1nc2ccccc2n1CCNCc1cncc(Br)c1. The minimum absolute atomic E-state index is 0.818. The van der Waals surface area contributed by atoms with E-state index in [2.05, 4.69) is 67.0 Å². The third kappa shape index (κ3) is 3.31. The van der Waals surface area contributed by atoms with Crippen molar-refractivity contribution in [3.8, 4) is 0 Å². The monoisotopic (exact) mass is 344 g/mol. The van der Waals surface area contributed by atoms with Crippen LogP contribution in [0, 0.1) is 6.92 Å². The Labute approximate surface area is 132 Å². The second-order valence-corrected chi connectivity index (χ2v) is 5.90. The zero-order valence-corrected chi connectivity index (χ0v) is 13.5. The molecule has 1 N–H and O–H groups in total. The van der Waals surface area contributed by atoms with E-state index in [9.17, 15) is 0 Å². The molecule has 4 nitrogen and oxygen atoms in total. The largest absolute Gasteiger partial charge is 0.327 e. The van der Waals surface area contributed by atoms with Crippen LogP contribution in [-0.4, -0.2) is 21.1 Å². The van der Waals surface area contributed by atoms with Crippen LogP contribution >= 0.6 is 15.9 Å². The number of halogens is 1. The summed E-state index contributed by atoms with van der Waals surface area (Å²) < 4.78 is 3.26. The van der Waals surface area contributed by atoms with E-state index in [1.165, 1.54) is 11.1 Å². The highest BCUT2D eigenvalue weighted by atomic mass is 79.9. The molecule has 0 radical (unpaired) electrons. The number of fused-ring (bicyclic) bond motifs is 1. The van der Waals surface area contributed by atoms with E-state index in [0.29, 0.717) is 0 Å². The van der Waals surface area contributed by atoms with Gasteiger partial charge < -0.3 is 9.88 Å². The lowest BCUT2D eigenvalue weighted by atomic mass is 10.3. The molecule has 0 aliphatic heterocycles. The average Bonchev–Trinajstić information content (AvgIpc) is 2.79. The molecule has 0 amide bonds. The average molecular weight is 345 g/mol. The Morgan fingerprint density at radius 2 is 2.10 bits per heavy atom. The van der Waals surface area contributed by atoms with Gasteiger partial charge in [0, 0.05) is 36.5 Å². The van der Waals surface area contributed by atoms with Crippen molar-refractivity contribution in [1.82, 2.24) is 19.9 Å². The first kappa shape index (κ1) is 14.2. The van der Waals surface area contributed by atoms with Crippen molar-refractivity contribution in [2.24, 2.45) is 0 Å². The first-order chi connectivity index (χ1) is 10.2. The molecule has 1 aromatic carbocycles. The number of imidazole rings is 1. The fourth-order valence-corrected chi connectivity index (χ4v) is 2.87. The molecule has 5 heteroatoms. The summed E-state index contributed by atoms with van der Waals surface area (Å²) in [6.07, 6.45) is 3.68. The highest BCUT2D eigenvalue weighted by molar-refractivity contribution is 9.10. The number of para-hydroxylation sites is 2. The van der Waals surface area contributed by atoms with Gasteiger partial charge in [0.05, 0.1) is 11.0 Å². The fraction of sp³-hybridized carbons (Fsp3) is 0.250. The maximum Gasteiger partial charge on any atom is 0.106 e. The number of nitrogens with one attached hydrogen (secondary N) is 1. The zero-order valence-electron chi connectivity index (χ0n) is 11.9. The van der Waals surface area contributed by atoms with Crippen molar-refractivity contribution in [2.75, 3.05) is 6.54 Å². The van der Waals surface area contributed by atoms with Crippen molar-refractivity contribution >= 4 is 27.0 Å². The molecule has 0 spiro atoms. The van der Waals surface area contributed by atoms with Crippen molar-refractivity contribution in [1.29, 1.82) is 0 Å². The summed E-state index contributed by atoms with van der Waals surface area (Å²) in [7, 11) is 0. The van der Waals surface area contributed by atoms with Gasteiger partial charge in [-0.15, -0.1) is 0 Å². The van der Waals surface area contributed by atoms with Crippen LogP contribution in [0.15, 0.2) is 47.2 Å². The molecule has 0 fully saturated rings. The third-order valence-corrected chi connectivity index (χ3v) is 3.88. The zero-order chi connectivity index (χ0) is 14.7. The Hall–Kier alpha value is -1.72. The summed E-state index contributed by atoms with van der Waals surface area (Å²) in [5, 5.41) is 3.45. The van der Waals surface area contributed by atoms with Gasteiger partial charge in [-0.3, -0.25) is 4.98 Å². The molecule has 0 aliphatic carbocycles. The predicted molar refractivity (Wildman–Crippen MR) is 88.1 cm³/mol. The second-order valence-electron chi connectivity index (χ2n) is 4.99. The van der Waals surface area contributed by atoms with E-state index in [4.69, 9.17) is 0 Å². The molecule has 108 valence electrons. The molecule has 0 aliphatic rings. The molecular weight excluding hydrogens is 328 g/mol. The van der Waals surface area contributed by atoms with E-state index in [0.717, 1.165) is 35.4 Å². The summed E-state index contributed by atoms with van der Waals surface area (Å²) >= 11 is 3.44. The van der Waals surface area contributed by atoms with Gasteiger partial charge >= 0.3 is 0 Å². The lowest BCUT2D eigenvalue weighted by Gasteiger charge is -2.08. The molecule has 0 saturated carbocycles. The summed E-state index contributed by atoms with van der Waals surface area (Å²) in [5.74, 6) is 1.06. The molecule has 2 heterocycles. The van der Waals surface area contributed by atoms with Crippen molar-refractivity contribution < 1.29 is 0 Å². The van der Waals surface area contributed by atoms with Gasteiger partial charge in [0.15, 0.2) is 0 Å². The first-order valence-corrected chi connectivity index (χ1v) is 7.75. The maximum absolute atomic E-state index is 4.58. The van der Waals surface area contributed by atoms with Crippen LogP contribution in [0.1, 0.15) is 11.4 Å². The number of benzene rings is 1. The fourth-order valence-electron chi connectivity index (χ4n) is 2.45. The van der Waals surface area contributed by atoms with Gasteiger partial charge in [-0.25, -0.2) is 4.98 Å². The standard InChI is InChI=1S/C16H17BrN4/c1-12-20-15-4-2-3-5-16(15)21(12)7-6-18-9-13-8-14(17)11-19-10-13/h2-5,8,10-11,18H,6-7,9H2,1H3. The van der Waals surface area contributed by atoms with E-state index in [1.54, 1.807) is 6.20 Å². The van der Waals surface area contributed by atoms with E-state index in [-0.39, 0.29) is 0 Å². The van der Waals surface area contributed by atoms with Crippen LogP contribution in [0.2, 0.25) is 0 Å². The normalized spacial score (nSPS) is 11.1. The maximum atomic E-state index is 4.58. The number of aromatic nitrogens is 3. The second kappa shape index (κ2) is 6.37. The minimum Gasteiger partial charge on any atom is -0.327 e. The quantitative estimate of drug-likeness (QED) is 0.722. The molecule has 2 aromatic heterocycles. The molecular formula is C16H17BrN4. The van der Waals surface area contributed by atoms with Crippen molar-refractivity contribution in [3.63, 3.8) is 0 Å². The molecule has 3 aromatic rings. The smallest absolute Gasteiger partial charge is 0.106 e. The predicted octanol–water partition coefficient (Wildman–Crippen LogP) is 3.29. The van der Waals surface area contributed by atoms with Crippen molar-refractivity contribution in [2.45, 2.75) is 20.0 Å². The van der Waals surface area contributed by atoms with Crippen LogP contribution in [0.5, 0.6) is 0 Å². The number of pyridine rings is 1. The van der Waals surface area contributed by atoms with Crippen molar-refractivity contribution in [3.05, 3.63) is 58.6 Å². The Bertz CT molecular complexity index is 751. The summed E-state index contributed by atoms with van der Waals surface area (Å²) in [6, 6.07) is 10.3. The molecule has 0 unspecified atom stereocenters. The number of hydrogen-bond acceptors (Lipinski definition) is 3. The van der Waals surface area contributed by atoms with Crippen LogP contribution < -0.4 is 5.32 Å². The Morgan fingerprint density at radius 1 is 1.24 bits per heavy atom. The number of rotatable bonds is 5. The number of aryl methyl sites for hydroxylation is 1. The third-order valence-electron chi connectivity index (χ3n) is 3.45. The van der Waals surface area contributed by atoms with E-state index in [1.807, 2.05) is 12.3 Å². The number of nitrogens with zero attached hydrogens (tertiary/aromatic N) is 3. The molecule has 21 heavy (non-hydrogen) atoms. The van der Waals surface area contributed by atoms with Gasteiger partial charge in [-0.2, -0.15) is 0 Å². The van der Waals surface area contributed by atoms with Gasteiger partial charge in [0.2, 0.25) is 0 Å². The molecule has 3 rings (SSSR count). The van der Waals surface area contributed by atoms with E-state index < -0.39 is 0 Å². The topological polar surface area (TPSA) is 42.7 Å². The van der Waals surface area contributed by atoms with Gasteiger partial charge in [0.1, 0.15) is 5.82 Å². The highest BCUT2D eigenvalue weighted by Gasteiger charge is 2.05. The Morgan fingerprint density at radius 3 is 2.95 bits per heavy atom. The summed E-state index contributed by atoms with van der Waals surface area (Å²) in [5.41, 5.74) is 3.43. The minimum atomic E-state index is 0.818. The summed E-state index contributed by atoms with van der Waals surface area (Å²) in [6.45, 7) is 4.68. The Balaban J connectivity index is 1.61. The highest BCUT2D eigenvalue weighted by Crippen LogP contribution is 2.15. The first-order valence-electron chi connectivity index (χ1n) is 6.96. The van der Waals surface area contributed by atoms with Crippen LogP contribution in [0.25, 0.3) is 11.0 Å².